The van der Waals surface area contributed by atoms with Crippen LogP contribution in [0, 0.1) is 6.92 Å². The number of carbonyl (C=O) groups is 1. The molecule has 0 aliphatic carbocycles. The van der Waals surface area contributed by atoms with E-state index in [0.717, 1.165) is 23.2 Å². The lowest BCUT2D eigenvalue weighted by atomic mass is 10.1. The number of nitrogens with zero attached hydrogens (tertiary/aromatic N) is 2. The summed E-state index contributed by atoms with van der Waals surface area (Å²) in [4.78, 5) is 10.4. The molecule has 26 heavy (non-hydrogen) atoms. The molecule has 0 spiro atoms. The number of imidazole rings is 1. The van der Waals surface area contributed by atoms with Crippen LogP contribution in [0.5, 0.6) is 0 Å². The van der Waals surface area contributed by atoms with Gasteiger partial charge in [-0.2, -0.15) is 0 Å². The van der Waals surface area contributed by atoms with Gasteiger partial charge in [-0.15, -0.1) is 0 Å². The molecule has 136 valence electrons. The Balaban J connectivity index is 0.000000197. The monoisotopic (exact) mass is 372 g/mol. The van der Waals surface area contributed by atoms with Crippen LogP contribution in [0.3, 0.4) is 0 Å². The molecule has 3 rings (SSSR count). The molecule has 0 atom stereocenters. The molecule has 0 saturated heterocycles. The maximum atomic E-state index is 10.5. The van der Waals surface area contributed by atoms with E-state index in [9.17, 15) is 17.8 Å². The number of aldehydes is 1. The van der Waals surface area contributed by atoms with Crippen LogP contribution in [0.25, 0.3) is 11.4 Å². The topological polar surface area (TPSA) is 83.1 Å². The van der Waals surface area contributed by atoms with E-state index in [0.29, 0.717) is 5.56 Å². The molecule has 0 saturated carbocycles. The molecule has 7 heteroatoms. The predicted octanol–water partition coefficient (Wildman–Crippen LogP) is 2.23. The van der Waals surface area contributed by atoms with E-state index < -0.39 is 10.1 Å². The quantitative estimate of drug-likeness (QED) is 0.401. The van der Waals surface area contributed by atoms with E-state index in [2.05, 4.69) is 9.13 Å². The van der Waals surface area contributed by atoms with Gasteiger partial charge in [-0.3, -0.25) is 4.79 Å². The second-order valence-corrected chi connectivity index (χ2v) is 7.23. The van der Waals surface area contributed by atoms with Crippen molar-refractivity contribution in [2.24, 2.45) is 14.1 Å². The second-order valence-electron chi connectivity index (χ2n) is 5.85. The molecule has 0 fully saturated rings. The Morgan fingerprint density at radius 3 is 2.04 bits per heavy atom. The third kappa shape index (κ3) is 4.87. The van der Waals surface area contributed by atoms with E-state index in [4.69, 9.17) is 0 Å². The Hall–Kier alpha value is -2.77. The average Bonchev–Trinajstić information content (AvgIpc) is 2.94. The predicted molar refractivity (Wildman–Crippen MR) is 96.6 cm³/mol. The van der Waals surface area contributed by atoms with Gasteiger partial charge in [0.15, 0.2) is 0 Å². The largest absolute Gasteiger partial charge is 0.744 e. The van der Waals surface area contributed by atoms with Gasteiger partial charge in [0.2, 0.25) is 0 Å². The van der Waals surface area contributed by atoms with Crippen molar-refractivity contribution >= 4 is 16.4 Å². The fourth-order valence-electron chi connectivity index (χ4n) is 2.41. The summed E-state index contributed by atoms with van der Waals surface area (Å²) in [6, 6.07) is 13.4. The molecule has 1 aromatic heterocycles. The summed E-state index contributed by atoms with van der Waals surface area (Å²) in [6.45, 7) is 1.82. The first kappa shape index (κ1) is 19.6. The lowest BCUT2D eigenvalue weighted by molar-refractivity contribution is -0.659. The molecule has 0 amide bonds. The molecular formula is C19H20N2O4S. The number of benzene rings is 2. The molecule has 0 N–H and O–H groups in total. The number of hydrogen-bond donors (Lipinski definition) is 0. The minimum atomic E-state index is -4.27. The second kappa shape index (κ2) is 8.07. The van der Waals surface area contributed by atoms with Gasteiger partial charge in [0.05, 0.1) is 24.6 Å². The number of aromatic nitrogens is 2. The maximum Gasteiger partial charge on any atom is 0.288 e. The fraction of sp³-hybridized carbons (Fsp3) is 0.158. The molecule has 0 aliphatic rings. The highest BCUT2D eigenvalue weighted by Crippen LogP contribution is 2.15. The van der Waals surface area contributed by atoms with Crippen LogP contribution < -0.4 is 4.57 Å². The van der Waals surface area contributed by atoms with Gasteiger partial charge in [-0.05, 0) is 31.2 Å². The van der Waals surface area contributed by atoms with Crippen molar-refractivity contribution < 1.29 is 22.3 Å². The van der Waals surface area contributed by atoms with Crippen LogP contribution in [0.4, 0.5) is 0 Å². The molecule has 2 aromatic carbocycles. The Morgan fingerprint density at radius 2 is 1.62 bits per heavy atom. The van der Waals surface area contributed by atoms with Gasteiger partial charge in [-0.1, -0.05) is 29.8 Å². The molecule has 6 nitrogen and oxygen atoms in total. The van der Waals surface area contributed by atoms with Gasteiger partial charge >= 0.3 is 0 Å². The van der Waals surface area contributed by atoms with Crippen LogP contribution in [-0.2, 0) is 24.2 Å². The van der Waals surface area contributed by atoms with Crippen molar-refractivity contribution in [1.82, 2.24) is 4.57 Å². The third-order valence-corrected chi connectivity index (χ3v) is 4.65. The molecule has 0 unspecified atom stereocenters. The first-order valence-corrected chi connectivity index (χ1v) is 9.22. The molecule has 0 radical (unpaired) electrons. The van der Waals surface area contributed by atoms with Crippen LogP contribution in [0.2, 0.25) is 0 Å². The highest BCUT2D eigenvalue weighted by molar-refractivity contribution is 7.85. The fourth-order valence-corrected chi connectivity index (χ4v) is 2.88. The van der Waals surface area contributed by atoms with Gasteiger partial charge in [0.1, 0.15) is 28.8 Å². The smallest absolute Gasteiger partial charge is 0.288 e. The number of carbonyl (C=O) groups excluding carboxylic acids is 1. The zero-order valence-corrected chi connectivity index (χ0v) is 15.6. The van der Waals surface area contributed by atoms with E-state index in [1.165, 1.54) is 12.1 Å². The summed E-state index contributed by atoms with van der Waals surface area (Å²) in [5.74, 6) is 1.12. The average molecular weight is 372 g/mol. The SMILES string of the molecule is Cc1ccc(S(=O)(=O)[O-])cc1.Cn1cc[n+](C)c1-c1ccc(C=O)cc1. The van der Waals surface area contributed by atoms with Crippen molar-refractivity contribution in [3.05, 3.63) is 72.1 Å². The summed E-state index contributed by atoms with van der Waals surface area (Å²) in [7, 11) is -0.264. The molecule has 1 heterocycles. The third-order valence-electron chi connectivity index (χ3n) is 3.80. The minimum Gasteiger partial charge on any atom is -0.744 e. The van der Waals surface area contributed by atoms with E-state index in [-0.39, 0.29) is 4.90 Å². The zero-order chi connectivity index (χ0) is 19.3. The van der Waals surface area contributed by atoms with Crippen molar-refractivity contribution in [2.75, 3.05) is 0 Å². The highest BCUT2D eigenvalue weighted by atomic mass is 32.2. The van der Waals surface area contributed by atoms with Crippen LogP contribution in [-0.4, -0.2) is 23.8 Å². The van der Waals surface area contributed by atoms with Gasteiger partial charge in [0.25, 0.3) is 5.82 Å². The Kier molecular flexibility index (Phi) is 6.07. The first-order chi connectivity index (χ1) is 12.2. The van der Waals surface area contributed by atoms with Crippen molar-refractivity contribution in [2.45, 2.75) is 11.8 Å². The normalized spacial score (nSPS) is 10.8. The lowest BCUT2D eigenvalue weighted by Crippen LogP contribution is -2.28. The standard InChI is InChI=1S/C12H13N2O.C7H8O3S/c1-13-7-8-14(2)12(13)11-5-3-10(9-15)4-6-11;1-6-2-4-7(5-3-6)11(8,9)10/h3-9H,1-2H3;2-5H,1H3,(H,8,9,10)/q+1;/p-1. The molecule has 3 aromatic rings. The Bertz CT molecular complexity index is 970. The minimum absolute atomic E-state index is 0.178. The summed E-state index contributed by atoms with van der Waals surface area (Å²) in [6.07, 6.45) is 4.86. The van der Waals surface area contributed by atoms with Crippen molar-refractivity contribution in [3.63, 3.8) is 0 Å². The van der Waals surface area contributed by atoms with E-state index in [1.54, 1.807) is 12.1 Å². The summed E-state index contributed by atoms with van der Waals surface area (Å²) >= 11 is 0. The number of hydrogen-bond acceptors (Lipinski definition) is 4. The van der Waals surface area contributed by atoms with Gasteiger partial charge in [0, 0.05) is 5.56 Å². The summed E-state index contributed by atoms with van der Waals surface area (Å²) in [5.41, 5.74) is 2.74. The van der Waals surface area contributed by atoms with Crippen LogP contribution >= 0.6 is 0 Å². The van der Waals surface area contributed by atoms with Crippen molar-refractivity contribution in [1.29, 1.82) is 0 Å². The maximum absolute atomic E-state index is 10.5. The molecule has 0 bridgehead atoms. The first-order valence-electron chi connectivity index (χ1n) is 7.81. The summed E-state index contributed by atoms with van der Waals surface area (Å²) < 4.78 is 35.3. The highest BCUT2D eigenvalue weighted by Gasteiger charge is 2.13. The molecule has 0 aliphatic heterocycles. The van der Waals surface area contributed by atoms with Gasteiger partial charge in [-0.25, -0.2) is 17.6 Å². The van der Waals surface area contributed by atoms with Crippen molar-refractivity contribution in [3.8, 4) is 11.4 Å². The van der Waals surface area contributed by atoms with E-state index >= 15 is 0 Å². The van der Waals surface area contributed by atoms with Crippen LogP contribution in [0.15, 0.2) is 65.8 Å². The zero-order valence-electron chi connectivity index (χ0n) is 14.8. The van der Waals surface area contributed by atoms with Gasteiger partial charge < -0.3 is 4.55 Å². The Labute approximate surface area is 153 Å². The van der Waals surface area contributed by atoms with Crippen LogP contribution in [0.1, 0.15) is 15.9 Å². The van der Waals surface area contributed by atoms with E-state index in [1.807, 2.05) is 57.7 Å². The summed E-state index contributed by atoms with van der Waals surface area (Å²) in [5, 5.41) is 0. The number of rotatable bonds is 3. The molecular weight excluding hydrogens is 352 g/mol. The number of aryl methyl sites for hydroxylation is 3. The lowest BCUT2D eigenvalue weighted by Gasteiger charge is -2.05. The Morgan fingerprint density at radius 1 is 1.04 bits per heavy atom.